The Morgan fingerprint density at radius 3 is 2.28 bits per heavy atom. The van der Waals surface area contributed by atoms with Gasteiger partial charge < -0.3 is 5.32 Å². The third kappa shape index (κ3) is 8.40. The van der Waals surface area contributed by atoms with Crippen LogP contribution in [-0.2, 0) is 28.4 Å². The summed E-state index contributed by atoms with van der Waals surface area (Å²) in [5.74, 6) is 0.137. The van der Waals surface area contributed by atoms with Crippen molar-refractivity contribution < 1.29 is 8.42 Å². The first kappa shape index (κ1) is 37.3. The first-order valence-electron chi connectivity index (χ1n) is 18.6. The van der Waals surface area contributed by atoms with Gasteiger partial charge in [0.1, 0.15) is 11.4 Å². The number of nitrogens with one attached hydrogen (secondary N) is 4. The zero-order valence-electron chi connectivity index (χ0n) is 29.8. The highest BCUT2D eigenvalue weighted by Gasteiger charge is 2.50. The molecule has 4 aromatic carbocycles. The molecule has 53 heavy (non-hydrogen) atoms. The fourth-order valence-corrected chi connectivity index (χ4v) is 9.06. The zero-order valence-corrected chi connectivity index (χ0v) is 32.1. The van der Waals surface area contributed by atoms with Gasteiger partial charge in [-0.2, -0.15) is 0 Å². The maximum Gasteiger partial charge on any atom is 0.262 e. The number of para-hydroxylation sites is 1. The van der Waals surface area contributed by atoms with E-state index in [0.717, 1.165) is 68.1 Å². The molecule has 2 heterocycles. The van der Waals surface area contributed by atoms with E-state index >= 15 is 0 Å². The van der Waals surface area contributed by atoms with Crippen molar-refractivity contribution in [1.29, 1.82) is 0 Å². The average Bonchev–Trinajstić information content (AvgIpc) is 3.63. The van der Waals surface area contributed by atoms with Gasteiger partial charge in [0.15, 0.2) is 0 Å². The van der Waals surface area contributed by atoms with Crippen LogP contribution in [0.1, 0.15) is 73.2 Å². The van der Waals surface area contributed by atoms with Gasteiger partial charge in [-0.15, -0.1) is 0 Å². The van der Waals surface area contributed by atoms with Crippen molar-refractivity contribution >= 4 is 55.7 Å². The van der Waals surface area contributed by atoms with Gasteiger partial charge in [-0.1, -0.05) is 103 Å². The number of anilines is 1. The Labute approximate surface area is 322 Å². The lowest BCUT2D eigenvalue weighted by Gasteiger charge is -2.37. The summed E-state index contributed by atoms with van der Waals surface area (Å²) in [6, 6.07) is 32.2. The summed E-state index contributed by atoms with van der Waals surface area (Å²) in [6.07, 6.45) is 9.59. The molecule has 11 heteroatoms. The highest BCUT2D eigenvalue weighted by atomic mass is 35.5. The second-order valence-electron chi connectivity index (χ2n) is 13.9. The summed E-state index contributed by atoms with van der Waals surface area (Å²) in [4.78, 5) is 10.2. The molecule has 1 fully saturated rings. The van der Waals surface area contributed by atoms with E-state index in [4.69, 9.17) is 33.2 Å². The molecular weight excluding hydrogens is 723 g/mol. The summed E-state index contributed by atoms with van der Waals surface area (Å²) in [7, 11) is -4.02. The number of hydrazine groups is 1. The predicted molar refractivity (Wildman–Crippen MR) is 217 cm³/mol. The van der Waals surface area contributed by atoms with Gasteiger partial charge in [-0.3, -0.25) is 20.1 Å². The first-order chi connectivity index (χ1) is 25.8. The summed E-state index contributed by atoms with van der Waals surface area (Å²) in [5.41, 5.74) is 12.7. The van der Waals surface area contributed by atoms with Gasteiger partial charge in [-0.25, -0.2) is 13.8 Å². The molecule has 0 spiro atoms. The molecule has 1 aromatic heterocycles. The van der Waals surface area contributed by atoms with Gasteiger partial charge in [0, 0.05) is 52.4 Å². The Morgan fingerprint density at radius 1 is 0.811 bits per heavy atom. The molecule has 8 nitrogen and oxygen atoms in total. The number of sulfonamides is 1. The Kier molecular flexibility index (Phi) is 12.0. The summed E-state index contributed by atoms with van der Waals surface area (Å²) >= 11 is 12.5. The minimum Gasteiger partial charge on any atom is -0.384 e. The van der Waals surface area contributed by atoms with Crippen LogP contribution in [0.15, 0.2) is 113 Å². The largest absolute Gasteiger partial charge is 0.384 e. The quantitative estimate of drug-likeness (QED) is 0.0511. The number of nitrogens with zero attached hydrogens (tertiary/aromatic N) is 2. The number of aryl methyl sites for hydroxylation is 1. The number of pyridine rings is 1. The molecule has 1 aliphatic heterocycles. The molecule has 5 aromatic rings. The Balaban J connectivity index is 1.06. The van der Waals surface area contributed by atoms with Gasteiger partial charge in [0.05, 0.1) is 10.4 Å². The molecular formula is C42H46Cl2N6O2S. The SMILES string of the molecule is O=S(=O)(NC(=NCCCCCCCNc1c2c(nc3ccccc13)CCCC2)C1(c2ccc(Cl)cc2)NNCC1c1ccccc1)c1ccc(Cl)cc1. The highest BCUT2D eigenvalue weighted by Crippen LogP contribution is 2.41. The lowest BCUT2D eigenvalue weighted by molar-refractivity contribution is 0.448. The van der Waals surface area contributed by atoms with Crippen molar-refractivity contribution in [3.05, 3.63) is 136 Å². The third-order valence-corrected chi connectivity index (χ3v) is 12.3. The lowest BCUT2D eigenvalue weighted by atomic mass is 9.75. The number of rotatable bonds is 14. The fourth-order valence-electron chi connectivity index (χ4n) is 7.72. The van der Waals surface area contributed by atoms with Crippen molar-refractivity contribution in [2.24, 2.45) is 4.99 Å². The van der Waals surface area contributed by atoms with Crippen LogP contribution in [0.25, 0.3) is 10.9 Å². The summed E-state index contributed by atoms with van der Waals surface area (Å²) in [6.45, 7) is 1.93. The van der Waals surface area contributed by atoms with Crippen LogP contribution in [0, 0.1) is 0 Å². The number of benzene rings is 4. The lowest BCUT2D eigenvalue weighted by Crippen LogP contribution is -2.56. The van der Waals surface area contributed by atoms with Gasteiger partial charge in [0.2, 0.25) is 0 Å². The summed E-state index contributed by atoms with van der Waals surface area (Å²) < 4.78 is 30.8. The minimum absolute atomic E-state index is 0.108. The van der Waals surface area contributed by atoms with Crippen LogP contribution in [0.5, 0.6) is 0 Å². The van der Waals surface area contributed by atoms with Crippen LogP contribution in [-0.4, -0.2) is 38.9 Å². The Hall–Kier alpha value is -3.99. The zero-order chi connectivity index (χ0) is 36.7. The van der Waals surface area contributed by atoms with Crippen LogP contribution in [0.2, 0.25) is 10.0 Å². The number of hydrogen-bond acceptors (Lipinski definition) is 7. The third-order valence-electron chi connectivity index (χ3n) is 10.4. The first-order valence-corrected chi connectivity index (χ1v) is 20.9. The van der Waals surface area contributed by atoms with Crippen molar-refractivity contribution in [2.75, 3.05) is 25.0 Å². The molecule has 276 valence electrons. The topological polar surface area (TPSA) is 108 Å². The van der Waals surface area contributed by atoms with Crippen LogP contribution >= 0.6 is 23.2 Å². The fraction of sp³-hybridized carbons (Fsp3) is 0.333. The minimum atomic E-state index is -4.02. The maximum absolute atomic E-state index is 14.0. The van der Waals surface area contributed by atoms with Gasteiger partial charge >= 0.3 is 0 Å². The Bertz CT molecular complexity index is 2150. The molecule has 2 unspecified atom stereocenters. The number of halogens is 2. The summed E-state index contributed by atoms with van der Waals surface area (Å²) in [5, 5.41) is 6.05. The van der Waals surface area contributed by atoms with Crippen molar-refractivity contribution in [3.63, 3.8) is 0 Å². The predicted octanol–water partition coefficient (Wildman–Crippen LogP) is 8.95. The molecule has 7 rings (SSSR count). The van der Waals surface area contributed by atoms with Crippen LogP contribution in [0.3, 0.4) is 0 Å². The molecule has 0 saturated carbocycles. The van der Waals surface area contributed by atoms with E-state index in [1.165, 1.54) is 47.3 Å². The molecule has 0 bridgehead atoms. The number of fused-ring (bicyclic) bond motifs is 2. The number of amidine groups is 1. The molecule has 1 saturated heterocycles. The van der Waals surface area contributed by atoms with Crippen LogP contribution < -0.4 is 20.9 Å². The normalized spacial score (nSPS) is 18.9. The van der Waals surface area contributed by atoms with Gasteiger partial charge in [-0.05, 0) is 97.7 Å². The number of hydrogen-bond donors (Lipinski definition) is 4. The van der Waals surface area contributed by atoms with Crippen molar-refractivity contribution in [3.8, 4) is 0 Å². The number of unbranched alkanes of at least 4 members (excludes halogenated alkanes) is 4. The number of aromatic nitrogens is 1. The van der Waals surface area contributed by atoms with Crippen molar-refractivity contribution in [2.45, 2.75) is 74.1 Å². The van der Waals surface area contributed by atoms with Gasteiger partial charge in [0.25, 0.3) is 10.0 Å². The Morgan fingerprint density at radius 2 is 1.49 bits per heavy atom. The van der Waals surface area contributed by atoms with E-state index in [1.54, 1.807) is 12.1 Å². The standard InChI is InChI=1S/C42H46Cl2N6O2S/c43-32-21-19-31(20-22-32)42(37(29-47-50-42)30-13-5-4-6-14-30)41(49-53(51,52)34-25-23-33(44)24-26-34)46-28-12-3-1-2-11-27-45-40-35-15-7-9-17-38(35)48-39-18-10-8-16-36(39)40/h4-7,9,13-15,17,19-26,37,47,50H,1-3,8,10-12,16,18,27-29H2,(H,45,48)(H,46,49). The molecule has 4 N–H and O–H groups in total. The molecule has 0 radical (unpaired) electrons. The van der Waals surface area contributed by atoms with E-state index in [-0.39, 0.29) is 10.8 Å². The number of aliphatic imine (C=N–C) groups is 1. The monoisotopic (exact) mass is 768 g/mol. The van der Waals surface area contributed by atoms with E-state index in [1.807, 2.05) is 42.5 Å². The van der Waals surface area contributed by atoms with Crippen LogP contribution in [0.4, 0.5) is 5.69 Å². The van der Waals surface area contributed by atoms with E-state index < -0.39 is 15.6 Å². The molecule has 0 amide bonds. The molecule has 2 atom stereocenters. The highest BCUT2D eigenvalue weighted by molar-refractivity contribution is 7.90. The average molecular weight is 770 g/mol. The van der Waals surface area contributed by atoms with E-state index in [2.05, 4.69) is 57.3 Å². The van der Waals surface area contributed by atoms with Crippen molar-refractivity contribution in [1.82, 2.24) is 20.6 Å². The molecule has 1 aliphatic carbocycles. The second kappa shape index (κ2) is 17.0. The molecule has 2 aliphatic rings. The maximum atomic E-state index is 14.0. The second-order valence-corrected chi connectivity index (χ2v) is 16.5. The van der Waals surface area contributed by atoms with E-state index in [0.29, 0.717) is 29.0 Å². The van der Waals surface area contributed by atoms with E-state index in [9.17, 15) is 8.42 Å². The smallest absolute Gasteiger partial charge is 0.262 e.